The molecule has 11 heteroatoms. The third-order valence-corrected chi connectivity index (χ3v) is 7.52. The Kier molecular flexibility index (Phi) is 6.46. The van der Waals surface area contributed by atoms with Crippen molar-refractivity contribution in [1.29, 1.82) is 0 Å². The molecule has 0 bridgehead atoms. The summed E-state index contributed by atoms with van der Waals surface area (Å²) in [6, 6.07) is 11.9. The predicted molar refractivity (Wildman–Crippen MR) is 118 cm³/mol. The van der Waals surface area contributed by atoms with Crippen molar-refractivity contribution in [2.45, 2.75) is 10.1 Å². The number of carbonyl (C=O) groups is 1. The van der Waals surface area contributed by atoms with E-state index in [1.54, 1.807) is 49.6 Å². The lowest BCUT2D eigenvalue weighted by molar-refractivity contribution is -0.113. The molecule has 3 aromatic rings. The Morgan fingerprint density at radius 2 is 1.97 bits per heavy atom. The van der Waals surface area contributed by atoms with Gasteiger partial charge in [-0.1, -0.05) is 11.8 Å². The number of morpholine rings is 1. The minimum absolute atomic E-state index is 0.158. The number of sulfonamides is 1. The summed E-state index contributed by atoms with van der Waals surface area (Å²) in [5, 5.41) is 3.35. The number of carbonyl (C=O) groups excluding carboxylic acids is 1. The highest BCUT2D eigenvalue weighted by atomic mass is 32.2. The van der Waals surface area contributed by atoms with Crippen molar-refractivity contribution in [2.24, 2.45) is 0 Å². The molecule has 2 aromatic carbocycles. The first-order chi connectivity index (χ1) is 15.0. The number of nitrogens with one attached hydrogen (secondary N) is 2. The molecule has 164 valence electrons. The van der Waals surface area contributed by atoms with Crippen molar-refractivity contribution >= 4 is 44.4 Å². The van der Waals surface area contributed by atoms with E-state index in [9.17, 15) is 13.2 Å². The maximum absolute atomic E-state index is 12.8. The van der Waals surface area contributed by atoms with Crippen LogP contribution in [-0.2, 0) is 19.6 Å². The molecule has 2 N–H and O–H groups in total. The van der Waals surface area contributed by atoms with E-state index in [2.05, 4.69) is 15.3 Å². The van der Waals surface area contributed by atoms with Crippen molar-refractivity contribution in [2.75, 3.05) is 44.5 Å². The number of nitrogens with zero attached hydrogens (tertiary/aromatic N) is 2. The van der Waals surface area contributed by atoms with E-state index >= 15 is 0 Å². The van der Waals surface area contributed by atoms with E-state index in [-0.39, 0.29) is 16.6 Å². The number of anilines is 1. The number of H-pyrrole nitrogens is 1. The molecule has 4 rings (SSSR count). The molecule has 0 unspecified atom stereocenters. The summed E-state index contributed by atoms with van der Waals surface area (Å²) >= 11 is 1.24. The fraction of sp³-hybridized carbons (Fsp3) is 0.300. The number of rotatable bonds is 7. The molecule has 1 amide bonds. The van der Waals surface area contributed by atoms with E-state index in [4.69, 9.17) is 9.47 Å². The Hall–Kier alpha value is -2.60. The lowest BCUT2D eigenvalue weighted by atomic mass is 10.3. The number of fused-ring (bicyclic) bond motifs is 1. The van der Waals surface area contributed by atoms with Crippen LogP contribution in [-0.4, -0.2) is 67.8 Å². The number of imidazole rings is 1. The van der Waals surface area contributed by atoms with Crippen molar-refractivity contribution in [1.82, 2.24) is 14.3 Å². The molecular weight excluding hydrogens is 440 g/mol. The standard InChI is InChI=1S/C20H22N4O5S2/c1-28-15-4-2-14(3-5-15)21-19(25)13-30-20-22-17-7-6-16(12-18(17)23-20)31(26,27)24-8-10-29-11-9-24/h2-7,12H,8-11,13H2,1H3,(H,21,25)(H,22,23). The lowest BCUT2D eigenvalue weighted by Crippen LogP contribution is -2.40. The molecule has 2 heterocycles. The lowest BCUT2D eigenvalue weighted by Gasteiger charge is -2.25. The van der Waals surface area contributed by atoms with Gasteiger partial charge in [-0.15, -0.1) is 0 Å². The summed E-state index contributed by atoms with van der Waals surface area (Å²) in [5.41, 5.74) is 1.92. The van der Waals surface area contributed by atoms with E-state index in [1.165, 1.54) is 16.1 Å². The molecule has 0 aliphatic carbocycles. The third-order valence-electron chi connectivity index (χ3n) is 4.75. The van der Waals surface area contributed by atoms with E-state index in [1.807, 2.05) is 0 Å². The smallest absolute Gasteiger partial charge is 0.243 e. The third kappa shape index (κ3) is 5.01. The normalized spacial score (nSPS) is 15.1. The fourth-order valence-electron chi connectivity index (χ4n) is 3.14. The van der Waals surface area contributed by atoms with Gasteiger partial charge in [0, 0.05) is 18.8 Å². The number of thioether (sulfide) groups is 1. The van der Waals surface area contributed by atoms with Crippen molar-refractivity contribution < 1.29 is 22.7 Å². The van der Waals surface area contributed by atoms with E-state index in [0.29, 0.717) is 53.9 Å². The van der Waals surface area contributed by atoms with Crippen LogP contribution in [0.1, 0.15) is 0 Å². The Bertz CT molecular complexity index is 1170. The number of amides is 1. The first kappa shape index (κ1) is 21.6. The number of benzene rings is 2. The van der Waals surface area contributed by atoms with Gasteiger partial charge in [0.15, 0.2) is 5.16 Å². The van der Waals surface area contributed by atoms with Crippen LogP contribution in [0.2, 0.25) is 0 Å². The summed E-state index contributed by atoms with van der Waals surface area (Å²) < 4.78 is 37.4. The average Bonchev–Trinajstić information content (AvgIpc) is 3.21. The zero-order chi connectivity index (χ0) is 21.8. The average molecular weight is 463 g/mol. The molecule has 1 fully saturated rings. The fourth-order valence-corrected chi connectivity index (χ4v) is 5.26. The van der Waals surface area contributed by atoms with Crippen LogP contribution in [0.15, 0.2) is 52.5 Å². The number of ether oxygens (including phenoxy) is 2. The molecule has 1 aliphatic heterocycles. The van der Waals surface area contributed by atoms with Crippen LogP contribution < -0.4 is 10.1 Å². The summed E-state index contributed by atoms with van der Waals surface area (Å²) in [6.07, 6.45) is 0. The number of aromatic amines is 1. The molecule has 0 atom stereocenters. The molecule has 1 saturated heterocycles. The minimum Gasteiger partial charge on any atom is -0.497 e. The van der Waals surface area contributed by atoms with Crippen LogP contribution in [0, 0.1) is 0 Å². The quantitative estimate of drug-likeness (QED) is 0.518. The number of hydrogen-bond acceptors (Lipinski definition) is 7. The molecule has 31 heavy (non-hydrogen) atoms. The van der Waals surface area contributed by atoms with Gasteiger partial charge in [0.05, 0.1) is 42.0 Å². The second-order valence-corrected chi connectivity index (χ2v) is 9.70. The SMILES string of the molecule is COc1ccc(NC(=O)CSc2nc3ccc(S(=O)(=O)N4CCOCC4)cc3[nH]2)cc1. The van der Waals surface area contributed by atoms with Crippen LogP contribution in [0.25, 0.3) is 11.0 Å². The van der Waals surface area contributed by atoms with Gasteiger partial charge in [-0.2, -0.15) is 4.31 Å². The van der Waals surface area contributed by atoms with E-state index in [0.717, 1.165) is 0 Å². The van der Waals surface area contributed by atoms with Crippen molar-refractivity contribution in [3.63, 3.8) is 0 Å². The first-order valence-corrected chi connectivity index (χ1v) is 12.0. The first-order valence-electron chi connectivity index (χ1n) is 9.60. The van der Waals surface area contributed by atoms with Crippen molar-refractivity contribution in [3.05, 3.63) is 42.5 Å². The number of aromatic nitrogens is 2. The second kappa shape index (κ2) is 9.27. The van der Waals surface area contributed by atoms with Crippen LogP contribution in [0.3, 0.4) is 0 Å². The Labute approximate surface area is 184 Å². The highest BCUT2D eigenvalue weighted by Gasteiger charge is 2.26. The molecular formula is C20H22N4O5S2. The Morgan fingerprint density at radius 3 is 2.68 bits per heavy atom. The predicted octanol–water partition coefficient (Wildman–Crippen LogP) is 2.32. The monoisotopic (exact) mass is 462 g/mol. The van der Waals surface area contributed by atoms with Gasteiger partial charge < -0.3 is 19.8 Å². The largest absolute Gasteiger partial charge is 0.497 e. The highest BCUT2D eigenvalue weighted by molar-refractivity contribution is 7.99. The van der Waals surface area contributed by atoms with Gasteiger partial charge in [0.25, 0.3) is 0 Å². The minimum atomic E-state index is -3.58. The van der Waals surface area contributed by atoms with Gasteiger partial charge >= 0.3 is 0 Å². The summed E-state index contributed by atoms with van der Waals surface area (Å²) in [7, 11) is -2.00. The van der Waals surface area contributed by atoms with E-state index < -0.39 is 10.0 Å². The number of methoxy groups -OCH3 is 1. The zero-order valence-electron chi connectivity index (χ0n) is 16.8. The van der Waals surface area contributed by atoms with Crippen LogP contribution >= 0.6 is 11.8 Å². The van der Waals surface area contributed by atoms with Gasteiger partial charge in [0.2, 0.25) is 15.9 Å². The number of hydrogen-bond donors (Lipinski definition) is 2. The van der Waals surface area contributed by atoms with Crippen LogP contribution in [0.4, 0.5) is 5.69 Å². The zero-order valence-corrected chi connectivity index (χ0v) is 18.5. The maximum Gasteiger partial charge on any atom is 0.243 e. The molecule has 1 aromatic heterocycles. The van der Waals surface area contributed by atoms with Gasteiger partial charge in [-0.05, 0) is 42.5 Å². The molecule has 9 nitrogen and oxygen atoms in total. The summed E-state index contributed by atoms with van der Waals surface area (Å²) in [5.74, 6) is 0.695. The topological polar surface area (TPSA) is 114 Å². The van der Waals surface area contributed by atoms with Crippen molar-refractivity contribution in [3.8, 4) is 5.75 Å². The summed E-state index contributed by atoms with van der Waals surface area (Å²) in [4.78, 5) is 19.9. The van der Waals surface area contributed by atoms with Gasteiger partial charge in [-0.3, -0.25) is 4.79 Å². The van der Waals surface area contributed by atoms with Gasteiger partial charge in [0.1, 0.15) is 5.75 Å². The molecule has 0 radical (unpaired) electrons. The summed E-state index contributed by atoms with van der Waals surface area (Å²) in [6.45, 7) is 1.47. The highest BCUT2D eigenvalue weighted by Crippen LogP contribution is 2.24. The Morgan fingerprint density at radius 1 is 1.23 bits per heavy atom. The Balaban J connectivity index is 1.41. The maximum atomic E-state index is 12.8. The second-order valence-electron chi connectivity index (χ2n) is 6.80. The molecule has 0 saturated carbocycles. The van der Waals surface area contributed by atoms with Crippen LogP contribution in [0.5, 0.6) is 5.75 Å². The van der Waals surface area contributed by atoms with Gasteiger partial charge in [-0.25, -0.2) is 13.4 Å². The molecule has 1 aliphatic rings. The molecule has 0 spiro atoms.